The number of hydrogen-bond donors (Lipinski definition) is 1. The first-order valence-electron chi connectivity index (χ1n) is 9.38. The summed E-state index contributed by atoms with van der Waals surface area (Å²) in [4.78, 5) is 17.7. The number of nitrogens with zero attached hydrogens (tertiary/aromatic N) is 2. The minimum atomic E-state index is -0.362. The highest BCUT2D eigenvalue weighted by Gasteiger charge is 2.14. The van der Waals surface area contributed by atoms with E-state index in [-0.39, 0.29) is 5.91 Å². The predicted molar refractivity (Wildman–Crippen MR) is 125 cm³/mol. The van der Waals surface area contributed by atoms with Crippen molar-refractivity contribution in [2.24, 2.45) is 5.10 Å². The molecule has 0 unspecified atom stereocenters. The van der Waals surface area contributed by atoms with Crippen molar-refractivity contribution in [1.29, 1.82) is 0 Å². The minimum absolute atomic E-state index is 0.357. The normalized spacial score (nSPS) is 11.1. The SMILES string of the molecule is COc1c(Cl)cc(Cl)cc1/C=N\NC(=O)c1cc(-c2ccccc2)nc2ccccc12. The maximum Gasteiger partial charge on any atom is 0.272 e. The zero-order valence-electron chi connectivity index (χ0n) is 16.5. The number of pyridine rings is 1. The van der Waals surface area contributed by atoms with Gasteiger partial charge in [0.1, 0.15) is 5.75 Å². The largest absolute Gasteiger partial charge is 0.495 e. The number of hydrogen-bond acceptors (Lipinski definition) is 4. The van der Waals surface area contributed by atoms with Gasteiger partial charge in [-0.3, -0.25) is 4.79 Å². The Morgan fingerprint density at radius 3 is 2.55 bits per heavy atom. The third kappa shape index (κ3) is 4.53. The molecule has 1 N–H and O–H groups in total. The van der Waals surface area contributed by atoms with Crippen molar-refractivity contribution in [1.82, 2.24) is 10.4 Å². The lowest BCUT2D eigenvalue weighted by Crippen LogP contribution is -2.18. The fourth-order valence-electron chi connectivity index (χ4n) is 3.23. The summed E-state index contributed by atoms with van der Waals surface area (Å²) < 4.78 is 5.29. The van der Waals surface area contributed by atoms with E-state index in [4.69, 9.17) is 32.9 Å². The number of nitrogens with one attached hydrogen (secondary N) is 1. The van der Waals surface area contributed by atoms with Gasteiger partial charge in [0.05, 0.1) is 35.1 Å². The molecule has 31 heavy (non-hydrogen) atoms. The average Bonchev–Trinajstić information content (AvgIpc) is 2.78. The number of hydrazone groups is 1. The Balaban J connectivity index is 1.68. The molecular formula is C24H17Cl2N3O2. The van der Waals surface area contributed by atoms with Crippen LogP contribution in [0.3, 0.4) is 0 Å². The molecule has 0 fully saturated rings. The van der Waals surface area contributed by atoms with E-state index in [0.29, 0.717) is 32.6 Å². The van der Waals surface area contributed by atoms with Gasteiger partial charge in [-0.1, -0.05) is 71.7 Å². The Hall–Kier alpha value is -3.41. The average molecular weight is 450 g/mol. The van der Waals surface area contributed by atoms with Crippen LogP contribution in [0, 0.1) is 0 Å². The third-order valence-corrected chi connectivity index (χ3v) is 5.14. The Bertz CT molecular complexity index is 1290. The number of ether oxygens (including phenoxy) is 1. The van der Waals surface area contributed by atoms with Crippen LogP contribution >= 0.6 is 23.2 Å². The number of para-hydroxylation sites is 1. The van der Waals surface area contributed by atoms with Crippen LogP contribution < -0.4 is 10.2 Å². The van der Waals surface area contributed by atoms with E-state index < -0.39 is 0 Å². The molecule has 0 saturated carbocycles. The number of benzene rings is 3. The van der Waals surface area contributed by atoms with Crippen LogP contribution in [0.25, 0.3) is 22.2 Å². The molecule has 0 radical (unpaired) electrons. The van der Waals surface area contributed by atoms with Gasteiger partial charge in [-0.2, -0.15) is 5.10 Å². The number of carbonyl (C=O) groups excluding carboxylic acids is 1. The minimum Gasteiger partial charge on any atom is -0.495 e. The molecule has 0 aliphatic rings. The van der Waals surface area contributed by atoms with Crippen LogP contribution in [0.2, 0.25) is 10.0 Å². The lowest BCUT2D eigenvalue weighted by molar-refractivity contribution is 0.0956. The summed E-state index contributed by atoms with van der Waals surface area (Å²) in [6.45, 7) is 0. The standard InChI is InChI=1S/C24H17Cl2N3O2/c1-31-23-16(11-17(25)12-20(23)26)14-27-29-24(30)19-13-22(15-7-3-2-4-8-15)28-21-10-6-5-9-18(19)21/h2-14H,1H3,(H,29,30)/b27-14-. The molecule has 0 spiro atoms. The highest BCUT2D eigenvalue weighted by molar-refractivity contribution is 6.36. The molecule has 3 aromatic carbocycles. The quantitative estimate of drug-likeness (QED) is 0.301. The van der Waals surface area contributed by atoms with Crippen molar-refractivity contribution in [3.8, 4) is 17.0 Å². The summed E-state index contributed by atoms with van der Waals surface area (Å²) in [5.41, 5.74) is 5.93. The highest BCUT2D eigenvalue weighted by Crippen LogP contribution is 2.31. The third-order valence-electron chi connectivity index (χ3n) is 4.64. The first kappa shape index (κ1) is 20.8. The van der Waals surface area contributed by atoms with Gasteiger partial charge in [0.25, 0.3) is 5.91 Å². The second kappa shape index (κ2) is 9.16. The monoisotopic (exact) mass is 449 g/mol. The smallest absolute Gasteiger partial charge is 0.272 e. The highest BCUT2D eigenvalue weighted by atomic mass is 35.5. The molecule has 154 valence electrons. The molecule has 4 aromatic rings. The molecule has 0 bridgehead atoms. The summed E-state index contributed by atoms with van der Waals surface area (Å²) in [7, 11) is 1.50. The van der Waals surface area contributed by atoms with E-state index in [0.717, 1.165) is 16.5 Å². The van der Waals surface area contributed by atoms with Gasteiger partial charge in [-0.25, -0.2) is 10.4 Å². The van der Waals surface area contributed by atoms with Crippen molar-refractivity contribution < 1.29 is 9.53 Å². The Morgan fingerprint density at radius 2 is 1.77 bits per heavy atom. The van der Waals surface area contributed by atoms with Crippen LogP contribution in [0.4, 0.5) is 0 Å². The van der Waals surface area contributed by atoms with Crippen LogP contribution in [0.1, 0.15) is 15.9 Å². The van der Waals surface area contributed by atoms with Crippen molar-refractivity contribution in [2.45, 2.75) is 0 Å². The summed E-state index contributed by atoms with van der Waals surface area (Å²) in [6.07, 6.45) is 1.44. The van der Waals surface area contributed by atoms with Crippen LogP contribution in [-0.2, 0) is 0 Å². The molecule has 0 atom stereocenters. The Labute approximate surface area is 189 Å². The van der Waals surface area contributed by atoms with Crippen molar-refractivity contribution in [3.05, 3.63) is 94.0 Å². The van der Waals surface area contributed by atoms with Gasteiger partial charge in [-0.05, 0) is 24.3 Å². The second-order valence-corrected chi connectivity index (χ2v) is 7.49. The molecule has 1 heterocycles. The lowest BCUT2D eigenvalue weighted by Gasteiger charge is -2.09. The Kier molecular flexibility index (Phi) is 6.16. The number of fused-ring (bicyclic) bond motifs is 1. The molecule has 7 heteroatoms. The van der Waals surface area contributed by atoms with Crippen LogP contribution in [0.15, 0.2) is 77.9 Å². The van der Waals surface area contributed by atoms with E-state index in [1.54, 1.807) is 18.2 Å². The van der Waals surface area contributed by atoms with Crippen molar-refractivity contribution in [3.63, 3.8) is 0 Å². The van der Waals surface area contributed by atoms with Gasteiger partial charge in [-0.15, -0.1) is 0 Å². The van der Waals surface area contributed by atoms with E-state index in [1.165, 1.54) is 13.3 Å². The summed E-state index contributed by atoms with van der Waals surface area (Å²) >= 11 is 12.2. The summed E-state index contributed by atoms with van der Waals surface area (Å²) in [5, 5.41) is 5.60. The molecule has 0 saturated heterocycles. The van der Waals surface area contributed by atoms with E-state index in [1.807, 2.05) is 54.6 Å². The molecule has 4 rings (SSSR count). The van der Waals surface area contributed by atoms with Crippen LogP contribution in [-0.4, -0.2) is 24.2 Å². The van der Waals surface area contributed by atoms with Gasteiger partial charge in [0, 0.05) is 21.5 Å². The fraction of sp³-hybridized carbons (Fsp3) is 0.0417. The number of rotatable bonds is 5. The zero-order chi connectivity index (χ0) is 21.8. The Morgan fingerprint density at radius 1 is 1.03 bits per heavy atom. The number of amides is 1. The molecule has 1 aromatic heterocycles. The van der Waals surface area contributed by atoms with E-state index >= 15 is 0 Å². The number of carbonyl (C=O) groups is 1. The van der Waals surface area contributed by atoms with Gasteiger partial charge >= 0.3 is 0 Å². The summed E-state index contributed by atoms with van der Waals surface area (Å²) in [6, 6.07) is 22.2. The van der Waals surface area contributed by atoms with Crippen molar-refractivity contribution in [2.75, 3.05) is 7.11 Å². The number of aromatic nitrogens is 1. The maximum absolute atomic E-state index is 13.0. The maximum atomic E-state index is 13.0. The van der Waals surface area contributed by atoms with E-state index in [9.17, 15) is 4.79 Å². The fourth-order valence-corrected chi connectivity index (χ4v) is 3.82. The van der Waals surface area contributed by atoms with Gasteiger partial charge in [0.2, 0.25) is 0 Å². The number of halogens is 2. The molecule has 5 nitrogen and oxygen atoms in total. The molecule has 0 aliphatic heterocycles. The van der Waals surface area contributed by atoms with Gasteiger partial charge < -0.3 is 4.74 Å². The molecule has 1 amide bonds. The first-order valence-corrected chi connectivity index (χ1v) is 10.1. The topological polar surface area (TPSA) is 63.6 Å². The van der Waals surface area contributed by atoms with E-state index in [2.05, 4.69) is 10.5 Å². The lowest BCUT2D eigenvalue weighted by atomic mass is 10.0. The van der Waals surface area contributed by atoms with Crippen LogP contribution in [0.5, 0.6) is 5.75 Å². The number of methoxy groups -OCH3 is 1. The van der Waals surface area contributed by atoms with Gasteiger partial charge in [0.15, 0.2) is 0 Å². The predicted octanol–water partition coefficient (Wildman–Crippen LogP) is 5.98. The molecular weight excluding hydrogens is 433 g/mol. The second-order valence-electron chi connectivity index (χ2n) is 6.65. The van der Waals surface area contributed by atoms with Crippen molar-refractivity contribution >= 4 is 46.2 Å². The first-order chi connectivity index (χ1) is 15.1. The zero-order valence-corrected chi connectivity index (χ0v) is 18.0. The summed E-state index contributed by atoms with van der Waals surface area (Å²) in [5.74, 6) is 0.0592. The molecule has 0 aliphatic carbocycles.